The first-order chi connectivity index (χ1) is 16.6. The molecule has 3 N–H and O–H groups in total. The van der Waals surface area contributed by atoms with Crippen molar-refractivity contribution in [3.63, 3.8) is 0 Å². The maximum absolute atomic E-state index is 11.8. The molecule has 1 atom stereocenters. The zero-order chi connectivity index (χ0) is 23.8. The minimum atomic E-state index is -0.997. The first kappa shape index (κ1) is 26.7. The number of benzene rings is 3. The first-order valence-electron chi connectivity index (χ1n) is 11.8. The van der Waals surface area contributed by atoms with Gasteiger partial charge in [-0.25, -0.2) is 4.79 Å². The van der Waals surface area contributed by atoms with E-state index in [4.69, 9.17) is 9.47 Å². The standard InChI is InChI=1S/C28H31NO5.ClH/c30-26(21-7-2-1-3-8-21)19-29-15-12-20-6-4-5-9-24(20)22-10-11-25(28(31)32)27(18-22)34-23-13-16-33-17-14-23;/h1-11,18,23,26,29-30H,12-17,19H2,(H,31,32);1H/t26-;/m0./s1. The molecule has 0 aliphatic carbocycles. The van der Waals surface area contributed by atoms with E-state index in [1.54, 1.807) is 6.07 Å². The first-order valence-corrected chi connectivity index (χ1v) is 11.8. The van der Waals surface area contributed by atoms with Crippen LogP contribution in [0.4, 0.5) is 0 Å². The number of rotatable bonds is 10. The van der Waals surface area contributed by atoms with E-state index < -0.39 is 12.1 Å². The predicted molar refractivity (Wildman–Crippen MR) is 139 cm³/mol. The SMILES string of the molecule is Cl.O=C(O)c1ccc(-c2ccccc2CCNC[C@H](O)c2ccccc2)cc1OC1CCOCC1. The zero-order valence-electron chi connectivity index (χ0n) is 19.6. The molecule has 1 aliphatic rings. The van der Waals surface area contributed by atoms with Gasteiger partial charge in [-0.2, -0.15) is 0 Å². The van der Waals surface area contributed by atoms with Crippen molar-refractivity contribution in [2.24, 2.45) is 0 Å². The Hall–Kier alpha value is -2.90. The van der Waals surface area contributed by atoms with Gasteiger partial charge in [0.25, 0.3) is 0 Å². The van der Waals surface area contributed by atoms with E-state index >= 15 is 0 Å². The molecule has 7 heteroatoms. The second kappa shape index (κ2) is 13.3. The highest BCUT2D eigenvalue weighted by molar-refractivity contribution is 5.92. The molecule has 0 aromatic heterocycles. The van der Waals surface area contributed by atoms with Crippen LogP contribution in [0.15, 0.2) is 72.8 Å². The van der Waals surface area contributed by atoms with Crippen molar-refractivity contribution in [3.8, 4) is 16.9 Å². The lowest BCUT2D eigenvalue weighted by atomic mass is 9.96. The molecule has 1 saturated heterocycles. The average molecular weight is 498 g/mol. The summed E-state index contributed by atoms with van der Waals surface area (Å²) in [5, 5.41) is 23.3. The molecule has 1 heterocycles. The molecule has 0 bridgehead atoms. The van der Waals surface area contributed by atoms with Crippen LogP contribution in [-0.4, -0.2) is 48.6 Å². The fourth-order valence-electron chi connectivity index (χ4n) is 4.21. The maximum Gasteiger partial charge on any atom is 0.339 e. The van der Waals surface area contributed by atoms with Gasteiger partial charge in [0.15, 0.2) is 0 Å². The topological polar surface area (TPSA) is 88.0 Å². The number of carbonyl (C=O) groups is 1. The molecule has 0 saturated carbocycles. The number of aliphatic hydroxyl groups excluding tert-OH is 1. The lowest BCUT2D eigenvalue weighted by Crippen LogP contribution is -2.26. The Morgan fingerprint density at radius 2 is 1.74 bits per heavy atom. The van der Waals surface area contributed by atoms with Gasteiger partial charge in [-0.3, -0.25) is 0 Å². The van der Waals surface area contributed by atoms with Crippen LogP contribution in [0.3, 0.4) is 0 Å². The largest absolute Gasteiger partial charge is 0.489 e. The van der Waals surface area contributed by atoms with E-state index in [1.807, 2.05) is 60.7 Å². The van der Waals surface area contributed by atoms with Gasteiger partial charge >= 0.3 is 5.97 Å². The van der Waals surface area contributed by atoms with Crippen molar-refractivity contribution < 1.29 is 24.5 Å². The second-order valence-electron chi connectivity index (χ2n) is 8.48. The number of ether oxygens (including phenoxy) is 2. The van der Waals surface area contributed by atoms with Crippen molar-refractivity contribution in [2.75, 3.05) is 26.3 Å². The number of aliphatic hydroxyl groups is 1. The van der Waals surface area contributed by atoms with Crippen molar-refractivity contribution in [1.29, 1.82) is 0 Å². The molecule has 3 aromatic rings. The van der Waals surface area contributed by atoms with Gasteiger partial charge in [-0.15, -0.1) is 12.4 Å². The van der Waals surface area contributed by atoms with E-state index in [0.717, 1.165) is 41.5 Å². The lowest BCUT2D eigenvalue weighted by molar-refractivity contribution is 0.0249. The number of hydrogen-bond donors (Lipinski definition) is 3. The Kier molecular flexibility index (Phi) is 10.1. The monoisotopic (exact) mass is 497 g/mol. The van der Waals surface area contributed by atoms with Gasteiger partial charge in [-0.1, -0.05) is 60.7 Å². The average Bonchev–Trinajstić information content (AvgIpc) is 2.87. The number of hydrogen-bond acceptors (Lipinski definition) is 5. The number of carboxylic acids is 1. The quantitative estimate of drug-likeness (QED) is 0.345. The van der Waals surface area contributed by atoms with Crippen LogP contribution < -0.4 is 10.1 Å². The second-order valence-corrected chi connectivity index (χ2v) is 8.48. The normalized spacial score (nSPS) is 14.7. The fraction of sp³-hybridized carbons (Fsp3) is 0.321. The van der Waals surface area contributed by atoms with Gasteiger partial charge < -0.3 is 25.0 Å². The Bertz CT molecular complexity index is 1090. The number of nitrogens with one attached hydrogen (secondary N) is 1. The summed E-state index contributed by atoms with van der Waals surface area (Å²) < 4.78 is 11.5. The summed E-state index contributed by atoms with van der Waals surface area (Å²) in [6.07, 6.45) is 1.68. The van der Waals surface area contributed by atoms with E-state index in [2.05, 4.69) is 11.4 Å². The molecule has 186 valence electrons. The summed E-state index contributed by atoms with van der Waals surface area (Å²) in [5.41, 5.74) is 4.17. The van der Waals surface area contributed by atoms with Gasteiger partial charge in [0.05, 0.1) is 19.3 Å². The fourth-order valence-corrected chi connectivity index (χ4v) is 4.21. The summed E-state index contributed by atoms with van der Waals surface area (Å²) >= 11 is 0. The third kappa shape index (κ3) is 7.29. The third-order valence-corrected chi connectivity index (χ3v) is 6.10. The van der Waals surface area contributed by atoms with E-state index in [9.17, 15) is 15.0 Å². The molecule has 0 amide bonds. The Balaban J connectivity index is 0.00000342. The van der Waals surface area contributed by atoms with Crippen LogP contribution in [0.2, 0.25) is 0 Å². The zero-order valence-corrected chi connectivity index (χ0v) is 20.4. The number of carboxylic acid groups (broad SMARTS) is 1. The van der Waals surface area contributed by atoms with Gasteiger partial charge in [0.1, 0.15) is 17.4 Å². The highest BCUT2D eigenvalue weighted by Crippen LogP contribution is 2.31. The van der Waals surface area contributed by atoms with Gasteiger partial charge in [0, 0.05) is 19.4 Å². The molecule has 3 aromatic carbocycles. The highest BCUT2D eigenvalue weighted by Gasteiger charge is 2.20. The third-order valence-electron chi connectivity index (χ3n) is 6.10. The minimum Gasteiger partial charge on any atom is -0.489 e. The molecule has 0 spiro atoms. The van der Waals surface area contributed by atoms with Crippen LogP contribution in [0.1, 0.15) is 40.4 Å². The summed E-state index contributed by atoms with van der Waals surface area (Å²) in [6.45, 7) is 2.44. The maximum atomic E-state index is 11.8. The van der Waals surface area contributed by atoms with Crippen molar-refractivity contribution in [1.82, 2.24) is 5.32 Å². The van der Waals surface area contributed by atoms with E-state index in [1.165, 1.54) is 0 Å². The molecule has 35 heavy (non-hydrogen) atoms. The molecule has 0 radical (unpaired) electrons. The van der Waals surface area contributed by atoms with Crippen LogP contribution in [0.25, 0.3) is 11.1 Å². The number of halogens is 1. The predicted octanol–water partition coefficient (Wildman–Crippen LogP) is 4.90. The molecular formula is C28H32ClNO5. The molecule has 6 nitrogen and oxygen atoms in total. The van der Waals surface area contributed by atoms with E-state index in [0.29, 0.717) is 32.1 Å². The summed E-state index contributed by atoms with van der Waals surface area (Å²) in [4.78, 5) is 11.8. The summed E-state index contributed by atoms with van der Waals surface area (Å²) in [5.74, 6) is -0.598. The Morgan fingerprint density at radius 3 is 2.49 bits per heavy atom. The van der Waals surface area contributed by atoms with Crippen LogP contribution >= 0.6 is 12.4 Å². The molecule has 4 rings (SSSR count). The Morgan fingerprint density at radius 1 is 1.03 bits per heavy atom. The minimum absolute atomic E-state index is 0. The molecule has 1 fully saturated rings. The lowest BCUT2D eigenvalue weighted by Gasteiger charge is -2.24. The highest BCUT2D eigenvalue weighted by atomic mass is 35.5. The van der Waals surface area contributed by atoms with Crippen LogP contribution in [0.5, 0.6) is 5.75 Å². The van der Waals surface area contributed by atoms with Gasteiger partial charge in [-0.05, 0) is 47.4 Å². The van der Waals surface area contributed by atoms with Crippen LogP contribution in [0, 0.1) is 0 Å². The van der Waals surface area contributed by atoms with Crippen molar-refractivity contribution in [2.45, 2.75) is 31.5 Å². The van der Waals surface area contributed by atoms with Crippen molar-refractivity contribution >= 4 is 18.4 Å². The summed E-state index contributed by atoms with van der Waals surface area (Å²) in [6, 6.07) is 23.0. The van der Waals surface area contributed by atoms with Crippen molar-refractivity contribution in [3.05, 3.63) is 89.5 Å². The number of aromatic carboxylic acids is 1. The molecule has 1 aliphatic heterocycles. The molecular weight excluding hydrogens is 466 g/mol. The summed E-state index contributed by atoms with van der Waals surface area (Å²) in [7, 11) is 0. The smallest absolute Gasteiger partial charge is 0.339 e. The van der Waals surface area contributed by atoms with Crippen LogP contribution in [-0.2, 0) is 11.2 Å². The van der Waals surface area contributed by atoms with E-state index in [-0.39, 0.29) is 24.1 Å². The Labute approximate surface area is 212 Å². The van der Waals surface area contributed by atoms with Gasteiger partial charge in [0.2, 0.25) is 0 Å². The molecule has 0 unspecified atom stereocenters.